The molecule has 4 fully saturated rings. The van der Waals surface area contributed by atoms with E-state index in [1.807, 2.05) is 87.5 Å². The van der Waals surface area contributed by atoms with Gasteiger partial charge in [0.25, 0.3) is 0 Å². The number of rotatable bonds is 36. The van der Waals surface area contributed by atoms with Crippen molar-refractivity contribution in [3.8, 4) is 11.5 Å². The summed E-state index contributed by atoms with van der Waals surface area (Å²) >= 11 is 9.49. The molecule has 5 rings (SSSR count). The summed E-state index contributed by atoms with van der Waals surface area (Å²) < 4.78 is 45.8. The van der Waals surface area contributed by atoms with Crippen molar-refractivity contribution < 1.29 is 67.6 Å². The first-order chi connectivity index (χ1) is 54.7. The highest BCUT2D eigenvalue weighted by molar-refractivity contribution is 9.09. The van der Waals surface area contributed by atoms with E-state index in [-0.39, 0.29) is 115 Å². The van der Waals surface area contributed by atoms with Crippen LogP contribution in [0.3, 0.4) is 0 Å². The Balaban J connectivity index is -0.00000131. The van der Waals surface area contributed by atoms with Gasteiger partial charge in [-0.1, -0.05) is 204 Å². The molecule has 0 amide bonds. The van der Waals surface area contributed by atoms with Crippen LogP contribution in [0.5, 0.6) is 11.5 Å². The smallest absolute Gasteiger partial charge is 0.180 e. The Bertz CT molecular complexity index is 3220. The minimum atomic E-state index is -0.278. The summed E-state index contributed by atoms with van der Waals surface area (Å²) in [6.07, 6.45) is 51.4. The third kappa shape index (κ3) is 54.5. The Labute approximate surface area is 720 Å². The SMILES string of the molecule is C/C(=C\CBr)CC/C=C(\C)C1OC(C)C(C)O1.C/C(=C\CO)CC/C=C(\C)C1OC(C)C(C)O1.C/C(=C\Cc1c(O)c(Cl)c(C)c(C=O)c1O)CC/C=C(\C)C1OC(C)C(C)O1.C=CC(=C)C.CC/C=C(\C)CC/C=C(\C)C1OC(C)C(C)O1.CC/C=C(\C)CC/C=C(\C)C=O.CC/C=C(\C)CCC=C(C)C.CC/C=C(\C)CCC=O. The predicted octanol–water partition coefficient (Wildman–Crippen LogP) is 27.9. The normalized spacial score (nSPS) is 22.9. The van der Waals surface area contributed by atoms with E-state index in [2.05, 4.69) is 208 Å². The van der Waals surface area contributed by atoms with Crippen LogP contribution in [0.1, 0.15) is 324 Å². The molecule has 660 valence electrons. The lowest BCUT2D eigenvalue weighted by atomic mass is 9.99. The Hall–Kier alpha value is -5.66. The molecule has 16 heteroatoms. The summed E-state index contributed by atoms with van der Waals surface area (Å²) in [6.45, 7) is 64.7. The van der Waals surface area contributed by atoms with E-state index < -0.39 is 0 Å². The molecule has 1 aromatic rings. The minimum Gasteiger partial charge on any atom is -0.507 e. The summed E-state index contributed by atoms with van der Waals surface area (Å²) in [5, 5.41) is 30.3. The van der Waals surface area contributed by atoms with Crippen LogP contribution >= 0.6 is 27.5 Å². The second-order valence-electron chi connectivity index (χ2n) is 31.4. The molecular weight excluding hydrogens is 1540 g/mol. The Morgan fingerprint density at radius 1 is 0.405 bits per heavy atom. The quantitative estimate of drug-likeness (QED) is 0.0189. The zero-order valence-electron chi connectivity index (χ0n) is 77.6. The Morgan fingerprint density at radius 3 is 0.922 bits per heavy atom. The van der Waals surface area contributed by atoms with Gasteiger partial charge in [0.15, 0.2) is 31.4 Å². The highest BCUT2D eigenvalue weighted by atomic mass is 79.9. The number of hydrogen-bond donors (Lipinski definition) is 3. The molecule has 8 unspecified atom stereocenters. The maximum atomic E-state index is 11.2. The van der Waals surface area contributed by atoms with Gasteiger partial charge in [-0.3, -0.25) is 9.59 Å². The van der Waals surface area contributed by atoms with Gasteiger partial charge >= 0.3 is 0 Å². The number of hydrogen-bond acceptors (Lipinski definition) is 14. The predicted molar refractivity (Wildman–Crippen MR) is 496 cm³/mol. The van der Waals surface area contributed by atoms with E-state index in [0.717, 1.165) is 136 Å². The van der Waals surface area contributed by atoms with E-state index in [1.165, 1.54) is 69.4 Å². The molecule has 3 N–H and O–H groups in total. The largest absolute Gasteiger partial charge is 0.507 e. The van der Waals surface area contributed by atoms with Gasteiger partial charge in [-0.15, -0.1) is 0 Å². The van der Waals surface area contributed by atoms with Crippen molar-refractivity contribution in [2.45, 2.75) is 390 Å². The molecule has 0 radical (unpaired) electrons. The van der Waals surface area contributed by atoms with Crippen LogP contribution in [-0.4, -0.2) is 120 Å². The first-order valence-electron chi connectivity index (χ1n) is 42.6. The van der Waals surface area contributed by atoms with E-state index in [1.54, 1.807) is 13.0 Å². The van der Waals surface area contributed by atoms with Gasteiger partial charge in [-0.2, -0.15) is 0 Å². The van der Waals surface area contributed by atoms with Gasteiger partial charge in [0.05, 0.1) is 66.0 Å². The average molecular weight is 1700 g/mol. The van der Waals surface area contributed by atoms with Gasteiger partial charge in [-0.25, -0.2) is 0 Å². The highest BCUT2D eigenvalue weighted by Gasteiger charge is 2.33. The number of phenolic OH excluding ortho intramolecular Hbond substituents is 2. The first-order valence-corrected chi connectivity index (χ1v) is 44.1. The van der Waals surface area contributed by atoms with Crippen molar-refractivity contribution in [3.05, 3.63) is 198 Å². The van der Waals surface area contributed by atoms with Gasteiger partial charge in [0.2, 0.25) is 0 Å². The molecule has 8 atom stereocenters. The second kappa shape index (κ2) is 69.0. The van der Waals surface area contributed by atoms with Crippen LogP contribution in [-0.2, 0) is 53.9 Å². The molecule has 116 heavy (non-hydrogen) atoms. The van der Waals surface area contributed by atoms with Crippen LogP contribution in [0, 0.1) is 6.92 Å². The van der Waals surface area contributed by atoms with Gasteiger partial charge in [0, 0.05) is 17.3 Å². The molecule has 0 aromatic heterocycles. The number of halogens is 2. The number of alkyl halides is 1. The zero-order chi connectivity index (χ0) is 89.0. The number of carbonyl (C=O) groups is 3. The lowest BCUT2D eigenvalue weighted by molar-refractivity contribution is -0.108. The number of allylic oxidation sites excluding steroid dienone is 23. The van der Waals surface area contributed by atoms with E-state index in [9.17, 15) is 24.6 Å². The van der Waals surface area contributed by atoms with Gasteiger partial charge in [0.1, 0.15) is 24.1 Å². The fourth-order valence-electron chi connectivity index (χ4n) is 11.3. The van der Waals surface area contributed by atoms with Crippen LogP contribution < -0.4 is 0 Å². The van der Waals surface area contributed by atoms with Crippen molar-refractivity contribution in [1.82, 2.24) is 0 Å². The van der Waals surface area contributed by atoms with Crippen LogP contribution in [0.25, 0.3) is 0 Å². The van der Waals surface area contributed by atoms with Crippen molar-refractivity contribution in [2.75, 3.05) is 11.9 Å². The van der Waals surface area contributed by atoms with E-state index >= 15 is 0 Å². The number of phenols is 2. The number of aldehydes is 3. The summed E-state index contributed by atoms with van der Waals surface area (Å²) in [5.74, 6) is -0.395. The van der Waals surface area contributed by atoms with Crippen LogP contribution in [0.2, 0.25) is 5.02 Å². The molecule has 4 aliphatic rings. The molecule has 4 saturated heterocycles. The van der Waals surface area contributed by atoms with Crippen LogP contribution in [0.4, 0.5) is 0 Å². The first kappa shape index (κ1) is 114. The lowest BCUT2D eigenvalue weighted by Gasteiger charge is -2.13. The number of aliphatic hydroxyl groups excluding tert-OH is 1. The molecule has 4 heterocycles. The highest BCUT2D eigenvalue weighted by Crippen LogP contribution is 2.41. The number of ether oxygens (including phenoxy) is 8. The maximum absolute atomic E-state index is 11.2. The third-order valence-corrected chi connectivity index (χ3v) is 20.5. The molecule has 0 spiro atoms. The Kier molecular flexibility index (Phi) is 68.1. The summed E-state index contributed by atoms with van der Waals surface area (Å²) in [4.78, 5) is 31.3. The molecule has 1 aromatic carbocycles. The fraction of sp³-hybridized carbons (Fsp3) is 0.610. The standard InChI is InChI=1S/C22H29ClO5.C15H26O2.C14H23BrO2.C14H24O3.C11H18O.C11H20.C8H14O.C5H8/c1-12(7-6-8-13(2)22-27-15(4)16(5)28-22)9-10-17-20(25)18(11-24)14(3)19(23)21(17)26;1-6-8-11(2)9-7-10-12(3)15-16-13(4)14(5)17-15;2*1-10(8-9-15)6-5-7-11(2)14-16-12(3)13(4)17-14;1-4-6-10(2)7-5-8-11(3)9-12;1-5-7-11(4)9-6-8-10(2)3;1-3-5-8(2)6-4-7-9;1-4-5(2)3/h8-9,11,15-16,22,25-26H,6-7,10H2,1-5H3;8,10,13-15H,6-7,9H2,1-5H3;7-8,12-14H,5-6,9H2,1-4H3;7-8,12-15H,5-6,9H2,1-4H3;6,8-9H,4-5,7H2,1-3H3;7-8H,5-6,9H2,1-4H3;5,7H,3-4,6H2,1-2H3;4H,1-2H2,3H3/b12-9+,13-8+;11-8+,12-10+;2*10-8+,11-7+;10-6+,11-8+;11-7+;8-5+;. The molecule has 4 aliphatic heterocycles. The van der Waals surface area contributed by atoms with Crippen molar-refractivity contribution in [1.29, 1.82) is 0 Å². The molecular formula is C100H162BrClO14. The fourth-order valence-corrected chi connectivity index (χ4v) is 12.0. The lowest BCUT2D eigenvalue weighted by Crippen LogP contribution is -2.13. The van der Waals surface area contributed by atoms with Gasteiger partial charge in [-0.05, 0) is 315 Å². The number of benzene rings is 1. The Morgan fingerprint density at radius 2 is 0.672 bits per heavy atom. The topological polar surface area (TPSA) is 186 Å². The second-order valence-corrected chi connectivity index (χ2v) is 32.4. The summed E-state index contributed by atoms with van der Waals surface area (Å²) in [7, 11) is 0. The van der Waals surface area contributed by atoms with Crippen molar-refractivity contribution >= 4 is 46.4 Å². The monoisotopic (exact) mass is 1700 g/mol. The van der Waals surface area contributed by atoms with Crippen molar-refractivity contribution in [3.63, 3.8) is 0 Å². The minimum absolute atomic E-state index is 0.0907. The van der Waals surface area contributed by atoms with Crippen molar-refractivity contribution in [2.24, 2.45) is 0 Å². The van der Waals surface area contributed by atoms with Gasteiger partial charge < -0.3 is 58.0 Å². The zero-order valence-corrected chi connectivity index (χ0v) is 79.9. The summed E-state index contributed by atoms with van der Waals surface area (Å²) in [6, 6.07) is 0. The van der Waals surface area contributed by atoms with E-state index in [0.29, 0.717) is 18.3 Å². The molecule has 0 saturated carbocycles. The van der Waals surface area contributed by atoms with E-state index in [4.69, 9.17) is 54.6 Å². The summed E-state index contributed by atoms with van der Waals surface area (Å²) in [5.41, 5.74) is 18.1. The number of carbonyl (C=O) groups excluding carboxylic acids is 3. The maximum Gasteiger partial charge on any atom is 0.180 e. The molecule has 0 aliphatic carbocycles. The number of aliphatic hydroxyl groups is 1. The molecule has 0 bridgehead atoms. The number of aromatic hydroxyl groups is 2. The third-order valence-electron chi connectivity index (χ3n) is 19.8. The molecule has 14 nitrogen and oxygen atoms in total. The van der Waals surface area contributed by atoms with Crippen LogP contribution in [0.15, 0.2) is 176 Å². The average Bonchev–Trinajstić information content (AvgIpc) is 0.906.